The zero-order valence-corrected chi connectivity index (χ0v) is 11.9. The van der Waals surface area contributed by atoms with Gasteiger partial charge < -0.3 is 5.32 Å². The third kappa shape index (κ3) is 3.13. The molecule has 0 radical (unpaired) electrons. The van der Waals surface area contributed by atoms with Crippen LogP contribution in [0.25, 0.3) is 6.08 Å². The molecule has 7 nitrogen and oxygen atoms in total. The van der Waals surface area contributed by atoms with Crippen LogP contribution in [0.4, 0.5) is 11.4 Å². The van der Waals surface area contributed by atoms with E-state index < -0.39 is 4.92 Å². The number of carbonyl (C=O) groups excluding carboxylic acids is 2. The van der Waals surface area contributed by atoms with Gasteiger partial charge >= 0.3 is 0 Å². The van der Waals surface area contributed by atoms with E-state index in [1.165, 1.54) is 24.3 Å². The van der Waals surface area contributed by atoms with E-state index in [-0.39, 0.29) is 17.5 Å². The van der Waals surface area contributed by atoms with Crippen molar-refractivity contribution >= 4 is 29.3 Å². The molecule has 0 saturated heterocycles. The summed E-state index contributed by atoms with van der Waals surface area (Å²) in [5.74, 6) is -0.267. The van der Waals surface area contributed by atoms with Crippen LogP contribution < -0.4 is 15.9 Å². The minimum absolute atomic E-state index is 0.0279. The number of rotatable bonds is 1. The molecule has 0 aliphatic carbocycles. The Balaban J connectivity index is 0.000000140. The summed E-state index contributed by atoms with van der Waals surface area (Å²) in [4.78, 5) is 35.1. The van der Waals surface area contributed by atoms with E-state index in [1.54, 1.807) is 0 Å². The number of benzene rings is 2. The smallest absolute Gasteiger partial charge is 0.270 e. The number of amides is 2. The highest BCUT2D eigenvalue weighted by Gasteiger charge is 2.15. The molecule has 2 aliphatic heterocycles. The Bertz CT molecular complexity index is 923. The molecule has 0 fully saturated rings. The summed E-state index contributed by atoms with van der Waals surface area (Å²) in [6.45, 7) is 0. The zero-order valence-electron chi connectivity index (χ0n) is 11.9. The number of para-hydroxylation sites is 1. The molecule has 2 heterocycles. The second-order valence-corrected chi connectivity index (χ2v) is 4.98. The molecule has 1 N–H and O–H groups in total. The van der Waals surface area contributed by atoms with Crippen molar-refractivity contribution in [2.45, 2.75) is 6.42 Å². The van der Waals surface area contributed by atoms with Gasteiger partial charge in [-0.1, -0.05) is 18.2 Å². The van der Waals surface area contributed by atoms with Gasteiger partial charge in [-0.2, -0.15) is 0 Å². The van der Waals surface area contributed by atoms with Gasteiger partial charge in [0.25, 0.3) is 11.6 Å². The third-order valence-corrected chi connectivity index (χ3v) is 3.37. The van der Waals surface area contributed by atoms with Crippen LogP contribution in [-0.4, -0.2) is 16.7 Å². The lowest BCUT2D eigenvalue weighted by atomic mass is 10.2. The predicted molar refractivity (Wildman–Crippen MR) is 82.1 cm³/mol. The molecule has 2 amide bonds. The fourth-order valence-electron chi connectivity index (χ4n) is 2.32. The highest BCUT2D eigenvalue weighted by molar-refractivity contribution is 6.06. The molecule has 0 unspecified atom stereocenters. The molecule has 2 aliphatic rings. The van der Waals surface area contributed by atoms with Crippen molar-refractivity contribution in [1.29, 1.82) is 0 Å². The van der Waals surface area contributed by atoms with Crippen LogP contribution in [0.2, 0.25) is 0 Å². The first-order valence-corrected chi connectivity index (χ1v) is 6.79. The highest BCUT2D eigenvalue weighted by atomic mass is 16.6. The SMILES string of the molecule is O=C1C=c2cc([N+](=O)[O-])ccc2=N1.O=C1Cc2ccccc2N1. The van der Waals surface area contributed by atoms with Gasteiger partial charge in [0.15, 0.2) is 0 Å². The molecule has 0 atom stereocenters. The number of hydrogen-bond donors (Lipinski definition) is 1. The van der Waals surface area contributed by atoms with E-state index in [9.17, 15) is 19.7 Å². The number of nitro groups is 1. The van der Waals surface area contributed by atoms with E-state index in [1.807, 2.05) is 24.3 Å². The molecule has 0 saturated carbocycles. The van der Waals surface area contributed by atoms with Crippen LogP contribution in [0.5, 0.6) is 0 Å². The van der Waals surface area contributed by atoms with E-state index in [0.717, 1.165) is 11.3 Å². The number of fused-ring (bicyclic) bond motifs is 2. The number of carbonyl (C=O) groups is 2. The van der Waals surface area contributed by atoms with E-state index in [2.05, 4.69) is 10.3 Å². The van der Waals surface area contributed by atoms with Crippen LogP contribution in [0, 0.1) is 10.1 Å². The van der Waals surface area contributed by atoms with Gasteiger partial charge in [-0.25, -0.2) is 4.99 Å². The predicted octanol–water partition coefficient (Wildman–Crippen LogP) is 0.716. The molecule has 2 aromatic carbocycles. The number of nitrogens with zero attached hydrogens (tertiary/aromatic N) is 2. The van der Waals surface area contributed by atoms with Crippen molar-refractivity contribution in [3.05, 3.63) is 68.7 Å². The fraction of sp³-hybridized carbons (Fsp3) is 0.0625. The Morgan fingerprint density at radius 2 is 1.91 bits per heavy atom. The molecular weight excluding hydrogens is 298 g/mol. The molecule has 114 valence electrons. The maximum absolute atomic E-state index is 10.8. The first-order valence-electron chi connectivity index (χ1n) is 6.79. The van der Waals surface area contributed by atoms with Gasteiger partial charge in [0.2, 0.25) is 5.91 Å². The lowest BCUT2D eigenvalue weighted by Crippen LogP contribution is -2.20. The fourth-order valence-corrected chi connectivity index (χ4v) is 2.32. The molecule has 0 aromatic heterocycles. The summed E-state index contributed by atoms with van der Waals surface area (Å²) < 4.78 is 0. The first kappa shape index (κ1) is 14.6. The van der Waals surface area contributed by atoms with Gasteiger partial charge in [-0.05, 0) is 17.7 Å². The van der Waals surface area contributed by atoms with Crippen LogP contribution in [0.3, 0.4) is 0 Å². The Kier molecular flexibility index (Phi) is 3.68. The lowest BCUT2D eigenvalue weighted by molar-refractivity contribution is -0.385. The largest absolute Gasteiger partial charge is 0.326 e. The molecule has 4 rings (SSSR count). The van der Waals surface area contributed by atoms with E-state index in [0.29, 0.717) is 17.0 Å². The van der Waals surface area contributed by atoms with Gasteiger partial charge in [0.05, 0.1) is 16.7 Å². The Morgan fingerprint density at radius 1 is 1.13 bits per heavy atom. The van der Waals surface area contributed by atoms with Crippen molar-refractivity contribution in [1.82, 2.24) is 0 Å². The van der Waals surface area contributed by atoms with Crippen LogP contribution in [0.1, 0.15) is 5.56 Å². The first-order chi connectivity index (χ1) is 11.0. The number of anilines is 1. The highest BCUT2D eigenvalue weighted by Crippen LogP contribution is 2.20. The van der Waals surface area contributed by atoms with Crippen molar-refractivity contribution in [2.24, 2.45) is 4.99 Å². The minimum Gasteiger partial charge on any atom is -0.326 e. The number of nitro benzene ring substituents is 1. The number of hydrogen-bond acceptors (Lipinski definition) is 4. The van der Waals surface area contributed by atoms with Crippen molar-refractivity contribution in [3.63, 3.8) is 0 Å². The number of non-ortho nitro benzene ring substituents is 1. The van der Waals surface area contributed by atoms with Crippen molar-refractivity contribution < 1.29 is 14.5 Å². The molecule has 0 spiro atoms. The number of nitrogens with one attached hydrogen (secondary N) is 1. The Labute approximate surface area is 130 Å². The van der Waals surface area contributed by atoms with Gasteiger partial charge in [0.1, 0.15) is 0 Å². The second kappa shape index (κ2) is 5.80. The van der Waals surface area contributed by atoms with E-state index in [4.69, 9.17) is 0 Å². The minimum atomic E-state index is -0.503. The average Bonchev–Trinajstić information content (AvgIpc) is 3.06. The van der Waals surface area contributed by atoms with Gasteiger partial charge in [0, 0.05) is 29.1 Å². The molecule has 0 bridgehead atoms. The molecule has 7 heteroatoms. The Morgan fingerprint density at radius 3 is 2.65 bits per heavy atom. The maximum atomic E-state index is 10.8. The van der Waals surface area contributed by atoms with Crippen LogP contribution >= 0.6 is 0 Å². The van der Waals surface area contributed by atoms with Crippen LogP contribution in [-0.2, 0) is 16.0 Å². The molecule has 23 heavy (non-hydrogen) atoms. The summed E-state index contributed by atoms with van der Waals surface area (Å²) in [6.07, 6.45) is 1.82. The summed E-state index contributed by atoms with van der Waals surface area (Å²) in [5.41, 5.74) is 2.04. The van der Waals surface area contributed by atoms with Gasteiger partial charge in [-0.15, -0.1) is 0 Å². The van der Waals surface area contributed by atoms with Crippen LogP contribution in [0.15, 0.2) is 47.5 Å². The normalized spacial score (nSPS) is 13.7. The molecule has 2 aromatic rings. The Hall–Kier alpha value is -3.35. The monoisotopic (exact) mass is 309 g/mol. The quantitative estimate of drug-likeness (QED) is 0.619. The zero-order chi connectivity index (χ0) is 16.4. The third-order valence-electron chi connectivity index (χ3n) is 3.37. The summed E-state index contributed by atoms with van der Waals surface area (Å²) in [7, 11) is 0. The summed E-state index contributed by atoms with van der Waals surface area (Å²) >= 11 is 0. The topological polar surface area (TPSA) is 102 Å². The summed E-state index contributed by atoms with van der Waals surface area (Å²) in [6, 6.07) is 11.9. The standard InChI is InChI=1S/C8H4N2O3.C8H7NO/c11-8-4-5-3-6(10(12)13)1-2-7(5)9-8;10-8-5-6-3-1-2-4-7(6)9-8/h1-4H;1-4H,5H2,(H,9,10). The van der Waals surface area contributed by atoms with Crippen molar-refractivity contribution in [2.75, 3.05) is 5.32 Å². The lowest BCUT2D eigenvalue weighted by Gasteiger charge is -1.93. The average molecular weight is 309 g/mol. The molecular formula is C16H11N3O4. The van der Waals surface area contributed by atoms with Gasteiger partial charge in [-0.3, -0.25) is 19.7 Å². The summed E-state index contributed by atoms with van der Waals surface area (Å²) in [5, 5.41) is 14.1. The van der Waals surface area contributed by atoms with Crippen molar-refractivity contribution in [3.8, 4) is 0 Å². The van der Waals surface area contributed by atoms with E-state index >= 15 is 0 Å². The maximum Gasteiger partial charge on any atom is 0.270 e. The second-order valence-electron chi connectivity index (χ2n) is 4.98.